The first kappa shape index (κ1) is 17.1. The standard InChI is InChI=1S/C13H8F6O4/c14-12(15,16)6-1-5(2-7(3-6)13(17,18)19)10-8(11(21)22)4-9(20)23-10/h1-3,8,10H,4H2,(H,21,22). The van der Waals surface area contributed by atoms with Crippen molar-refractivity contribution in [2.75, 3.05) is 0 Å². The lowest BCUT2D eigenvalue weighted by Crippen LogP contribution is -2.19. The molecule has 1 N–H and O–H groups in total. The molecule has 1 aliphatic rings. The number of carbonyl (C=O) groups is 2. The number of cyclic esters (lactones) is 1. The number of halogens is 6. The van der Waals surface area contributed by atoms with Crippen molar-refractivity contribution >= 4 is 11.9 Å². The van der Waals surface area contributed by atoms with Gasteiger partial charge >= 0.3 is 24.3 Å². The predicted octanol–water partition coefficient (Wildman–Crippen LogP) is 3.41. The largest absolute Gasteiger partial charge is 0.481 e. The van der Waals surface area contributed by atoms with Gasteiger partial charge in [-0.2, -0.15) is 26.3 Å². The average molecular weight is 342 g/mol. The summed E-state index contributed by atoms with van der Waals surface area (Å²) in [6.07, 6.45) is -12.5. The molecule has 10 heteroatoms. The number of rotatable bonds is 2. The maximum absolute atomic E-state index is 12.8. The molecule has 0 saturated carbocycles. The molecule has 0 spiro atoms. The van der Waals surface area contributed by atoms with Crippen LogP contribution < -0.4 is 0 Å². The van der Waals surface area contributed by atoms with Gasteiger partial charge in [0.05, 0.1) is 17.5 Å². The molecular formula is C13H8F6O4. The van der Waals surface area contributed by atoms with Crippen LogP contribution in [0.4, 0.5) is 26.3 Å². The summed E-state index contributed by atoms with van der Waals surface area (Å²) >= 11 is 0. The van der Waals surface area contributed by atoms with Crippen molar-refractivity contribution in [1.82, 2.24) is 0 Å². The zero-order valence-electron chi connectivity index (χ0n) is 11.0. The molecule has 0 aliphatic carbocycles. The number of carboxylic acids is 1. The summed E-state index contributed by atoms with van der Waals surface area (Å²) in [4.78, 5) is 22.2. The maximum Gasteiger partial charge on any atom is 0.416 e. The van der Waals surface area contributed by atoms with E-state index in [0.29, 0.717) is 12.1 Å². The third-order valence-corrected chi connectivity index (χ3v) is 3.27. The fourth-order valence-corrected chi connectivity index (χ4v) is 2.22. The zero-order chi connectivity index (χ0) is 17.6. The van der Waals surface area contributed by atoms with Crippen LogP contribution in [0.3, 0.4) is 0 Å². The van der Waals surface area contributed by atoms with Crippen molar-refractivity contribution in [1.29, 1.82) is 0 Å². The third kappa shape index (κ3) is 3.57. The first-order valence-corrected chi connectivity index (χ1v) is 6.11. The number of aliphatic carboxylic acids is 1. The van der Waals surface area contributed by atoms with E-state index in [1.165, 1.54) is 0 Å². The molecule has 1 aliphatic heterocycles. The van der Waals surface area contributed by atoms with Gasteiger partial charge in [-0.15, -0.1) is 0 Å². The molecule has 126 valence electrons. The molecule has 1 fully saturated rings. The second-order valence-electron chi connectivity index (χ2n) is 4.90. The number of benzene rings is 1. The molecule has 1 aromatic carbocycles. The van der Waals surface area contributed by atoms with Gasteiger partial charge in [-0.25, -0.2) is 0 Å². The fraction of sp³-hybridized carbons (Fsp3) is 0.385. The van der Waals surface area contributed by atoms with Crippen LogP contribution in [0, 0.1) is 5.92 Å². The van der Waals surface area contributed by atoms with E-state index in [1.54, 1.807) is 0 Å². The van der Waals surface area contributed by atoms with Crippen molar-refractivity contribution in [3.05, 3.63) is 34.9 Å². The van der Waals surface area contributed by atoms with Gasteiger partial charge in [0.2, 0.25) is 0 Å². The second kappa shape index (κ2) is 5.43. The smallest absolute Gasteiger partial charge is 0.416 e. The Balaban J connectivity index is 2.57. The zero-order valence-corrected chi connectivity index (χ0v) is 11.0. The van der Waals surface area contributed by atoms with Crippen LogP contribution in [0.5, 0.6) is 0 Å². The van der Waals surface area contributed by atoms with Crippen molar-refractivity contribution in [3.63, 3.8) is 0 Å². The summed E-state index contributed by atoms with van der Waals surface area (Å²) in [5, 5.41) is 8.94. The van der Waals surface area contributed by atoms with E-state index in [-0.39, 0.29) is 6.07 Å². The minimum Gasteiger partial charge on any atom is -0.481 e. The molecule has 0 bridgehead atoms. The van der Waals surface area contributed by atoms with E-state index in [2.05, 4.69) is 4.74 Å². The van der Waals surface area contributed by atoms with Gasteiger partial charge in [0.15, 0.2) is 0 Å². The van der Waals surface area contributed by atoms with Gasteiger partial charge in [-0.3, -0.25) is 9.59 Å². The number of alkyl halides is 6. The van der Waals surface area contributed by atoms with E-state index in [1.807, 2.05) is 0 Å². The molecule has 4 nitrogen and oxygen atoms in total. The van der Waals surface area contributed by atoms with Crippen LogP contribution in [0.15, 0.2) is 18.2 Å². The minimum absolute atomic E-state index is 0.0873. The summed E-state index contributed by atoms with van der Waals surface area (Å²) in [6, 6.07) is 0.624. The Morgan fingerprint density at radius 2 is 1.52 bits per heavy atom. The minimum atomic E-state index is -5.07. The number of ether oxygens (including phenoxy) is 1. The maximum atomic E-state index is 12.8. The van der Waals surface area contributed by atoms with Crippen molar-refractivity contribution in [2.45, 2.75) is 24.9 Å². The number of hydrogen-bond acceptors (Lipinski definition) is 3. The molecule has 2 rings (SSSR count). The molecule has 2 atom stereocenters. The first-order valence-electron chi connectivity index (χ1n) is 6.11. The van der Waals surface area contributed by atoms with E-state index in [0.717, 1.165) is 0 Å². The van der Waals surface area contributed by atoms with Crippen molar-refractivity contribution < 1.29 is 45.8 Å². The van der Waals surface area contributed by atoms with Crippen LogP contribution in [0.1, 0.15) is 29.2 Å². The third-order valence-electron chi connectivity index (χ3n) is 3.27. The average Bonchev–Trinajstić information content (AvgIpc) is 2.78. The summed E-state index contributed by atoms with van der Waals surface area (Å²) in [7, 11) is 0. The molecule has 0 radical (unpaired) electrons. The Kier molecular flexibility index (Phi) is 4.03. The molecule has 1 aromatic rings. The van der Waals surface area contributed by atoms with Crippen LogP contribution in [0.2, 0.25) is 0 Å². The number of carboxylic acid groups (broad SMARTS) is 1. The monoisotopic (exact) mass is 342 g/mol. The molecule has 1 heterocycles. The molecule has 2 unspecified atom stereocenters. The van der Waals surface area contributed by atoms with E-state index in [4.69, 9.17) is 5.11 Å². The lowest BCUT2D eigenvalue weighted by Gasteiger charge is -2.19. The van der Waals surface area contributed by atoms with Gasteiger partial charge < -0.3 is 9.84 Å². The Morgan fingerprint density at radius 1 is 1.04 bits per heavy atom. The summed E-state index contributed by atoms with van der Waals surface area (Å²) in [5.74, 6) is -4.10. The normalized spacial score (nSPS) is 22.1. The summed E-state index contributed by atoms with van der Waals surface area (Å²) in [6.45, 7) is 0. The molecule has 0 aromatic heterocycles. The fourth-order valence-electron chi connectivity index (χ4n) is 2.22. The highest BCUT2D eigenvalue weighted by molar-refractivity contribution is 5.82. The van der Waals surface area contributed by atoms with Gasteiger partial charge in [-0.05, 0) is 23.8 Å². The lowest BCUT2D eigenvalue weighted by atomic mass is 9.92. The summed E-state index contributed by atoms with van der Waals surface area (Å²) < 4.78 is 81.2. The Hall–Kier alpha value is -2.26. The van der Waals surface area contributed by atoms with Crippen LogP contribution in [-0.2, 0) is 26.7 Å². The molecule has 23 heavy (non-hydrogen) atoms. The topological polar surface area (TPSA) is 63.6 Å². The van der Waals surface area contributed by atoms with E-state index < -0.39 is 59.4 Å². The highest BCUT2D eigenvalue weighted by atomic mass is 19.4. The molecule has 1 saturated heterocycles. The molecular weight excluding hydrogens is 334 g/mol. The quantitative estimate of drug-likeness (QED) is 0.661. The lowest BCUT2D eigenvalue weighted by molar-refractivity contribution is -0.144. The number of esters is 1. The molecule has 0 amide bonds. The predicted molar refractivity (Wildman–Crippen MR) is 61.0 cm³/mol. The van der Waals surface area contributed by atoms with Gasteiger partial charge in [-0.1, -0.05) is 0 Å². The highest BCUT2D eigenvalue weighted by Crippen LogP contribution is 2.41. The second-order valence-corrected chi connectivity index (χ2v) is 4.90. The Bertz CT molecular complexity index is 617. The highest BCUT2D eigenvalue weighted by Gasteiger charge is 2.44. The summed E-state index contributed by atoms with van der Waals surface area (Å²) in [5.41, 5.74) is -3.87. The van der Waals surface area contributed by atoms with Crippen molar-refractivity contribution in [3.8, 4) is 0 Å². The van der Waals surface area contributed by atoms with Gasteiger partial charge in [0, 0.05) is 0 Å². The van der Waals surface area contributed by atoms with Crippen LogP contribution in [0.25, 0.3) is 0 Å². The number of carbonyl (C=O) groups excluding carboxylic acids is 1. The number of hydrogen-bond donors (Lipinski definition) is 1. The first-order chi connectivity index (χ1) is 10.4. The van der Waals surface area contributed by atoms with E-state index in [9.17, 15) is 35.9 Å². The van der Waals surface area contributed by atoms with Gasteiger partial charge in [0.25, 0.3) is 0 Å². The Morgan fingerprint density at radius 3 is 1.91 bits per heavy atom. The van der Waals surface area contributed by atoms with E-state index >= 15 is 0 Å². The van der Waals surface area contributed by atoms with Crippen LogP contribution >= 0.6 is 0 Å². The van der Waals surface area contributed by atoms with Gasteiger partial charge in [0.1, 0.15) is 12.0 Å². The van der Waals surface area contributed by atoms with Crippen molar-refractivity contribution in [2.24, 2.45) is 5.92 Å². The Labute approximate surface area is 124 Å². The van der Waals surface area contributed by atoms with Crippen LogP contribution in [-0.4, -0.2) is 17.0 Å². The SMILES string of the molecule is O=C1CC(C(=O)O)C(c2cc(C(F)(F)F)cc(C(F)(F)F)c2)O1.